The molecule has 13 heteroatoms. The number of nitrogens with one attached hydrogen (secondary N) is 1. The first-order valence-electron chi connectivity index (χ1n) is 13.3. The zero-order chi connectivity index (χ0) is 29.4. The number of nitrogens with zero attached hydrogens (tertiary/aromatic N) is 4. The van der Waals surface area contributed by atoms with E-state index in [1.54, 1.807) is 26.1 Å². The molecule has 41 heavy (non-hydrogen) atoms. The second kappa shape index (κ2) is 11.3. The number of ether oxygens (including phenoxy) is 2. The smallest absolute Gasteiger partial charge is 0.429 e. The highest BCUT2D eigenvalue weighted by atomic mass is 35.5. The number of allylic oxidation sites excluding steroid dienone is 2. The average molecular weight is 591 g/mol. The molecule has 2 unspecified atom stereocenters. The second-order valence-corrected chi connectivity index (χ2v) is 10.9. The first-order chi connectivity index (χ1) is 19.5. The molecule has 1 aliphatic carbocycles. The third-order valence-electron chi connectivity index (χ3n) is 7.47. The number of hydrogen-bond donors (Lipinski definition) is 2. The molecule has 1 aliphatic heterocycles. The topological polar surface area (TPSA) is 117 Å². The molecule has 218 valence electrons. The molecule has 1 aromatic carbocycles. The summed E-state index contributed by atoms with van der Waals surface area (Å²) < 4.78 is 55.3. The van der Waals surface area contributed by atoms with E-state index in [9.17, 15) is 18.0 Å². The summed E-state index contributed by atoms with van der Waals surface area (Å²) in [5, 5.41) is 7.76. The minimum Gasteiger partial charge on any atom is -0.465 e. The Hall–Kier alpha value is -3.64. The van der Waals surface area contributed by atoms with Crippen LogP contribution in [0.5, 0.6) is 5.88 Å². The summed E-state index contributed by atoms with van der Waals surface area (Å²) in [4.78, 5) is 20.4. The normalized spacial score (nSPS) is 21.5. The van der Waals surface area contributed by atoms with Gasteiger partial charge >= 0.3 is 12.1 Å². The summed E-state index contributed by atoms with van der Waals surface area (Å²) in [6.07, 6.45) is -0.921. The highest BCUT2D eigenvalue weighted by Gasteiger charge is 2.45. The molecule has 0 bridgehead atoms. The van der Waals surface area contributed by atoms with Crippen molar-refractivity contribution >= 4 is 29.1 Å². The van der Waals surface area contributed by atoms with E-state index in [1.165, 1.54) is 28.9 Å². The zero-order valence-electron chi connectivity index (χ0n) is 22.5. The first-order valence-corrected chi connectivity index (χ1v) is 13.6. The van der Waals surface area contributed by atoms with Crippen molar-refractivity contribution in [3.8, 4) is 11.6 Å². The summed E-state index contributed by atoms with van der Waals surface area (Å²) in [5.41, 5.74) is 7.62. The van der Waals surface area contributed by atoms with Crippen LogP contribution in [0, 0.1) is 12.3 Å². The third-order valence-corrected chi connectivity index (χ3v) is 7.70. The third kappa shape index (κ3) is 6.33. The molecule has 9 nitrogen and oxygen atoms in total. The van der Waals surface area contributed by atoms with Gasteiger partial charge in [-0.3, -0.25) is 4.79 Å². The Morgan fingerprint density at radius 2 is 2.10 bits per heavy atom. The summed E-state index contributed by atoms with van der Waals surface area (Å²) in [6, 6.07) is 6.74. The van der Waals surface area contributed by atoms with Crippen LogP contribution in [0.15, 0.2) is 42.6 Å². The van der Waals surface area contributed by atoms with Crippen molar-refractivity contribution < 1.29 is 27.4 Å². The van der Waals surface area contributed by atoms with Gasteiger partial charge < -0.3 is 20.5 Å². The standard InChI is InChI=1S/C28H30ClF3N6O3/c1-3-40-25(39)21-14-27(15-34-21)9-6-17(7-10-27)20-13-23(36-26(33)35-20)41-24(28(30,31)32)19-5-4-18(29)12-22(19)38-11-8-16(2)37-38/h4-6,8,11-13,21,24,34H,3,7,9-10,14-15H2,1-2H3,(H2,33,35,36)/t21?,24-,27?/m1/s1. The lowest BCUT2D eigenvalue weighted by Gasteiger charge is -2.32. The Morgan fingerprint density at radius 3 is 2.76 bits per heavy atom. The van der Waals surface area contributed by atoms with Crippen molar-refractivity contribution in [1.29, 1.82) is 0 Å². The van der Waals surface area contributed by atoms with Crippen molar-refractivity contribution in [2.45, 2.75) is 57.9 Å². The van der Waals surface area contributed by atoms with Crippen molar-refractivity contribution in [2.24, 2.45) is 5.41 Å². The van der Waals surface area contributed by atoms with Gasteiger partial charge in [0.15, 0.2) is 0 Å². The van der Waals surface area contributed by atoms with Crippen molar-refractivity contribution in [2.75, 3.05) is 18.9 Å². The van der Waals surface area contributed by atoms with E-state index in [2.05, 4.69) is 20.4 Å². The Kier molecular flexibility index (Phi) is 7.97. The maximum atomic E-state index is 14.4. The Balaban J connectivity index is 1.40. The molecule has 1 fully saturated rings. The number of nitrogens with two attached hydrogens (primary N) is 1. The number of halogens is 4. The molecule has 0 amide bonds. The molecular weight excluding hydrogens is 561 g/mol. The summed E-state index contributed by atoms with van der Waals surface area (Å²) in [6.45, 7) is 4.50. The number of nitrogen functional groups attached to an aromatic ring is 1. The summed E-state index contributed by atoms with van der Waals surface area (Å²) in [7, 11) is 0. The van der Waals surface area contributed by atoms with Crippen molar-refractivity contribution in [3.05, 3.63) is 64.6 Å². The van der Waals surface area contributed by atoms with Crippen molar-refractivity contribution in [3.63, 3.8) is 0 Å². The molecule has 0 saturated carbocycles. The number of alkyl halides is 3. The van der Waals surface area contributed by atoms with Gasteiger partial charge in [-0.15, -0.1) is 0 Å². The highest BCUT2D eigenvalue weighted by molar-refractivity contribution is 6.30. The quantitative estimate of drug-likeness (QED) is 0.353. The molecule has 3 N–H and O–H groups in total. The number of carbonyl (C=O) groups is 1. The first kappa shape index (κ1) is 28.9. The molecule has 3 atom stereocenters. The summed E-state index contributed by atoms with van der Waals surface area (Å²) >= 11 is 6.13. The molecule has 0 radical (unpaired) electrons. The minimum absolute atomic E-state index is 0.101. The van der Waals surface area contributed by atoms with Gasteiger partial charge in [-0.25, -0.2) is 9.67 Å². The lowest BCUT2D eigenvalue weighted by atomic mass is 9.73. The van der Waals surface area contributed by atoms with Crippen LogP contribution in [0.3, 0.4) is 0 Å². The van der Waals surface area contributed by atoms with Crippen LogP contribution in [-0.4, -0.2) is 51.1 Å². The largest absolute Gasteiger partial charge is 0.465 e. The monoisotopic (exact) mass is 590 g/mol. The molecule has 1 spiro atoms. The fourth-order valence-corrected chi connectivity index (χ4v) is 5.60. The van der Waals surface area contributed by atoms with E-state index in [0.717, 1.165) is 12.0 Å². The number of aromatic nitrogens is 4. The van der Waals surface area contributed by atoms with Crippen LogP contribution in [0.25, 0.3) is 11.3 Å². The van der Waals surface area contributed by atoms with Crippen LogP contribution in [0.2, 0.25) is 5.02 Å². The van der Waals surface area contributed by atoms with Gasteiger partial charge in [0.25, 0.3) is 0 Å². The zero-order valence-corrected chi connectivity index (χ0v) is 23.3. The van der Waals surface area contributed by atoms with Gasteiger partial charge in [0.2, 0.25) is 17.9 Å². The lowest BCUT2D eigenvalue weighted by Crippen LogP contribution is -2.32. The van der Waals surface area contributed by atoms with Gasteiger partial charge in [-0.2, -0.15) is 23.3 Å². The van der Waals surface area contributed by atoms with E-state index in [4.69, 9.17) is 26.8 Å². The number of aryl methyl sites for hydroxylation is 1. The van der Waals surface area contributed by atoms with Gasteiger partial charge in [-0.1, -0.05) is 23.7 Å². The number of esters is 1. The molecule has 2 aliphatic rings. The van der Waals surface area contributed by atoms with E-state index in [-0.39, 0.29) is 45.5 Å². The number of anilines is 1. The number of hydrogen-bond acceptors (Lipinski definition) is 8. The highest BCUT2D eigenvalue weighted by Crippen LogP contribution is 2.45. The van der Waals surface area contributed by atoms with Gasteiger partial charge in [0, 0.05) is 29.4 Å². The fraction of sp³-hybridized carbons (Fsp3) is 0.429. The minimum atomic E-state index is -4.80. The van der Waals surface area contributed by atoms with E-state index >= 15 is 0 Å². The van der Waals surface area contributed by atoms with Crippen LogP contribution in [-0.2, 0) is 9.53 Å². The predicted molar refractivity (Wildman–Crippen MR) is 146 cm³/mol. The van der Waals surface area contributed by atoms with Crippen LogP contribution >= 0.6 is 11.6 Å². The molecule has 3 heterocycles. The molecule has 5 rings (SSSR count). The average Bonchev–Trinajstić information content (AvgIpc) is 3.54. The maximum Gasteiger partial charge on any atom is 0.429 e. The molecule has 3 aromatic rings. The number of benzene rings is 1. The van der Waals surface area contributed by atoms with Gasteiger partial charge in [0.05, 0.1) is 23.7 Å². The molecule has 2 aromatic heterocycles. The lowest BCUT2D eigenvalue weighted by molar-refractivity contribution is -0.198. The maximum absolute atomic E-state index is 14.4. The Bertz CT molecular complexity index is 1480. The summed E-state index contributed by atoms with van der Waals surface area (Å²) in [5.74, 6) is -0.766. The van der Waals surface area contributed by atoms with Crippen LogP contribution in [0.1, 0.15) is 55.7 Å². The number of carbonyl (C=O) groups excluding carboxylic acids is 1. The predicted octanol–water partition coefficient (Wildman–Crippen LogP) is 5.37. The van der Waals surface area contributed by atoms with Crippen molar-refractivity contribution in [1.82, 2.24) is 25.1 Å². The van der Waals surface area contributed by atoms with Crippen LogP contribution in [0.4, 0.5) is 19.1 Å². The fourth-order valence-electron chi connectivity index (χ4n) is 5.43. The Labute approximate surface area is 239 Å². The SMILES string of the molecule is CCOC(=O)C1CC2(CC=C(c3cc(O[C@H](c4ccc(Cl)cc4-n4ccc(C)n4)C(F)(F)F)nc(N)n3)CC2)CN1. The molecule has 1 saturated heterocycles. The van der Waals surface area contributed by atoms with E-state index < -0.39 is 12.3 Å². The molecular formula is C28H30ClF3N6O3. The van der Waals surface area contributed by atoms with E-state index in [1.807, 2.05) is 6.08 Å². The Morgan fingerprint density at radius 1 is 1.29 bits per heavy atom. The second-order valence-electron chi connectivity index (χ2n) is 10.4. The van der Waals surface area contributed by atoms with Gasteiger partial charge in [0.1, 0.15) is 6.04 Å². The van der Waals surface area contributed by atoms with Gasteiger partial charge in [-0.05, 0) is 68.7 Å². The van der Waals surface area contributed by atoms with E-state index in [0.29, 0.717) is 43.8 Å². The van der Waals surface area contributed by atoms with Crippen LogP contribution < -0.4 is 15.8 Å². The number of rotatable bonds is 7.